The van der Waals surface area contributed by atoms with Crippen LogP contribution < -0.4 is 0 Å². The van der Waals surface area contributed by atoms with E-state index in [9.17, 15) is 14.3 Å². The van der Waals surface area contributed by atoms with E-state index in [-0.39, 0.29) is 25.8 Å². The molecule has 0 amide bonds. The van der Waals surface area contributed by atoms with Crippen LogP contribution in [0.1, 0.15) is 129 Å². The topological polar surface area (TPSA) is 91.3 Å². The molecule has 0 rings (SSSR count). The summed E-state index contributed by atoms with van der Waals surface area (Å²) < 4.78 is 34.6. The number of unbranched alkanes of at least 4 members (excludes halogenated alkanes) is 8. The van der Waals surface area contributed by atoms with Crippen molar-refractivity contribution in [1.82, 2.24) is 0 Å². The van der Waals surface area contributed by atoms with E-state index in [0.29, 0.717) is 24.1 Å². The van der Waals surface area contributed by atoms with E-state index in [4.69, 9.17) is 18.5 Å². The van der Waals surface area contributed by atoms with Crippen LogP contribution >= 0.6 is 7.82 Å². The number of phosphoric ester groups is 1. The van der Waals surface area contributed by atoms with Gasteiger partial charge < -0.3 is 18.9 Å². The molecule has 0 aliphatic rings. The van der Waals surface area contributed by atoms with Crippen LogP contribution in [-0.2, 0) is 27.9 Å². The Morgan fingerprint density at radius 3 is 1.62 bits per heavy atom. The number of quaternary nitrogens is 1. The number of carbonyl (C=O) groups excluding carboxylic acids is 1. The molecule has 9 heteroatoms. The molecule has 0 aromatic heterocycles. The summed E-state index contributed by atoms with van der Waals surface area (Å²) in [4.78, 5) is 22.5. The van der Waals surface area contributed by atoms with Crippen LogP contribution in [-0.4, -0.2) is 75.6 Å². The second-order valence-corrected chi connectivity index (χ2v) is 15.7. The summed E-state index contributed by atoms with van der Waals surface area (Å²) in [6.07, 6.45) is 48.1. The maximum absolute atomic E-state index is 12.4. The number of esters is 1. The van der Waals surface area contributed by atoms with Gasteiger partial charge in [-0.15, -0.1) is 0 Å². The summed E-state index contributed by atoms with van der Waals surface area (Å²) in [6, 6.07) is 0. The molecule has 304 valence electrons. The first-order chi connectivity index (χ1) is 25.6. The number of carbonyl (C=O) groups is 1. The fraction of sp³-hybridized carbons (Fsp3) is 0.659. The molecule has 0 radical (unpaired) electrons. The van der Waals surface area contributed by atoms with E-state index in [1.165, 1.54) is 0 Å². The lowest BCUT2D eigenvalue weighted by Gasteiger charge is -2.24. The van der Waals surface area contributed by atoms with Gasteiger partial charge in [0.15, 0.2) is 0 Å². The largest absolute Gasteiger partial charge is 0.472 e. The fourth-order valence-corrected chi connectivity index (χ4v) is 5.57. The van der Waals surface area contributed by atoms with Gasteiger partial charge in [0, 0.05) is 13.0 Å². The van der Waals surface area contributed by atoms with Gasteiger partial charge in [-0.3, -0.25) is 13.8 Å². The van der Waals surface area contributed by atoms with Crippen LogP contribution in [0, 0.1) is 0 Å². The molecule has 8 nitrogen and oxygen atoms in total. The molecule has 1 N–H and O–H groups in total. The van der Waals surface area contributed by atoms with Crippen LogP contribution in [0.5, 0.6) is 0 Å². The van der Waals surface area contributed by atoms with Crippen LogP contribution in [0.25, 0.3) is 0 Å². The molecule has 0 aromatic carbocycles. The quantitative estimate of drug-likeness (QED) is 0.0223. The first kappa shape index (κ1) is 50.7. The van der Waals surface area contributed by atoms with Gasteiger partial charge in [0.1, 0.15) is 19.3 Å². The molecule has 0 aliphatic heterocycles. The van der Waals surface area contributed by atoms with Crippen molar-refractivity contribution in [3.63, 3.8) is 0 Å². The molecule has 0 saturated heterocycles. The SMILES string of the molecule is CC/C=C\C/C=C\C/C=C\C/C=C\C/C=C\C/C=C\C/C=C\CCCCCCOCC(COP(=O)(O)OCC[N+](C)(C)C)OC(=O)CCCCCCC. The zero-order valence-corrected chi connectivity index (χ0v) is 35.1. The second kappa shape index (κ2) is 36.6. The van der Waals surface area contributed by atoms with Crippen LogP contribution in [0.15, 0.2) is 85.1 Å². The summed E-state index contributed by atoms with van der Waals surface area (Å²) in [6.45, 7) is 5.31. The number of phosphoric acid groups is 1. The molecule has 0 aliphatic carbocycles. The third kappa shape index (κ3) is 40.7. The first-order valence-corrected chi connectivity index (χ1v) is 21.8. The number of hydrogen-bond acceptors (Lipinski definition) is 6. The standard InChI is InChI=1S/C44H76NO7P/c1-6-8-10-12-13-14-15-16-17-18-19-20-21-22-23-24-25-26-27-28-29-30-31-32-34-36-39-49-41-43(52-44(46)37-35-33-11-9-7-2)42-51-53(47,48)50-40-38-45(3,4)5/h8,10,13-14,16-17,19-20,22-23,25-26,28-29,43H,6-7,9,11-12,15,18,21,24,27,30-42H2,1-5H3/p+1/b10-8-,14-13-,17-16-,20-19-,23-22-,26-25-,29-28-. The van der Waals surface area contributed by atoms with Crippen molar-refractivity contribution in [3.05, 3.63) is 85.1 Å². The Bertz CT molecular complexity index is 1120. The molecule has 2 unspecified atom stereocenters. The number of allylic oxidation sites excluding steroid dienone is 14. The monoisotopic (exact) mass is 763 g/mol. The Morgan fingerprint density at radius 1 is 0.604 bits per heavy atom. The number of rotatable bonds is 36. The second-order valence-electron chi connectivity index (χ2n) is 14.3. The third-order valence-electron chi connectivity index (χ3n) is 7.97. The van der Waals surface area contributed by atoms with Gasteiger partial charge in [0.2, 0.25) is 0 Å². The fourth-order valence-electron chi connectivity index (χ4n) is 4.82. The lowest BCUT2D eigenvalue weighted by molar-refractivity contribution is -0.870. The summed E-state index contributed by atoms with van der Waals surface area (Å²) in [5, 5.41) is 0. The third-order valence-corrected chi connectivity index (χ3v) is 8.96. The lowest BCUT2D eigenvalue weighted by atomic mass is 10.1. The van der Waals surface area contributed by atoms with Gasteiger partial charge in [-0.2, -0.15) is 0 Å². The van der Waals surface area contributed by atoms with Crippen LogP contribution in [0.2, 0.25) is 0 Å². The van der Waals surface area contributed by atoms with Gasteiger partial charge in [0.05, 0.1) is 34.4 Å². The summed E-state index contributed by atoms with van der Waals surface area (Å²) in [5.41, 5.74) is 0. The van der Waals surface area contributed by atoms with Crippen molar-refractivity contribution in [2.75, 3.05) is 54.1 Å². The minimum Gasteiger partial charge on any atom is -0.457 e. The Hall–Kier alpha value is -2.32. The molecule has 2 atom stereocenters. The minimum atomic E-state index is -4.27. The Morgan fingerprint density at radius 2 is 1.09 bits per heavy atom. The zero-order chi connectivity index (χ0) is 39.1. The number of ether oxygens (including phenoxy) is 2. The lowest BCUT2D eigenvalue weighted by Crippen LogP contribution is -2.37. The smallest absolute Gasteiger partial charge is 0.457 e. The first-order valence-electron chi connectivity index (χ1n) is 20.3. The van der Waals surface area contributed by atoms with Crippen LogP contribution in [0.3, 0.4) is 0 Å². The average Bonchev–Trinajstić information content (AvgIpc) is 3.11. The highest BCUT2D eigenvalue weighted by atomic mass is 31.2. The molecule has 0 fully saturated rings. The molecular formula is C44H77NO7P+. The van der Waals surface area contributed by atoms with Crippen molar-refractivity contribution in [2.45, 2.75) is 136 Å². The normalized spacial score (nSPS) is 14.8. The predicted molar refractivity (Wildman–Crippen MR) is 224 cm³/mol. The van der Waals surface area contributed by atoms with Crippen LogP contribution in [0.4, 0.5) is 0 Å². The van der Waals surface area contributed by atoms with Crippen molar-refractivity contribution in [1.29, 1.82) is 0 Å². The highest BCUT2D eigenvalue weighted by Gasteiger charge is 2.26. The van der Waals surface area contributed by atoms with Gasteiger partial charge in [-0.05, 0) is 70.6 Å². The number of hydrogen-bond donors (Lipinski definition) is 1. The van der Waals surface area contributed by atoms with Crippen molar-refractivity contribution in [3.8, 4) is 0 Å². The van der Waals surface area contributed by atoms with Crippen molar-refractivity contribution >= 4 is 13.8 Å². The molecule has 0 spiro atoms. The van der Waals surface area contributed by atoms with Gasteiger partial charge >= 0.3 is 13.8 Å². The van der Waals surface area contributed by atoms with Gasteiger partial charge in [-0.25, -0.2) is 4.57 Å². The van der Waals surface area contributed by atoms with Crippen molar-refractivity contribution < 1.29 is 37.3 Å². The maximum Gasteiger partial charge on any atom is 0.472 e. The number of nitrogens with zero attached hydrogens (tertiary/aromatic N) is 1. The Labute approximate surface area is 325 Å². The van der Waals surface area contributed by atoms with E-state index in [1.807, 2.05) is 21.1 Å². The number of likely N-dealkylation sites (N-methyl/N-ethyl adjacent to an activating group) is 1. The van der Waals surface area contributed by atoms with E-state index in [0.717, 1.165) is 109 Å². The zero-order valence-electron chi connectivity index (χ0n) is 34.2. The Kier molecular flexibility index (Phi) is 35.0. The van der Waals surface area contributed by atoms with E-state index < -0.39 is 13.9 Å². The molecule has 0 heterocycles. The predicted octanol–water partition coefficient (Wildman–Crippen LogP) is 11.7. The molecule has 0 saturated carbocycles. The molecule has 53 heavy (non-hydrogen) atoms. The van der Waals surface area contributed by atoms with E-state index >= 15 is 0 Å². The Balaban J connectivity index is 4.11. The van der Waals surface area contributed by atoms with E-state index in [1.54, 1.807) is 0 Å². The molecular weight excluding hydrogens is 685 g/mol. The maximum atomic E-state index is 12.4. The molecule has 0 bridgehead atoms. The summed E-state index contributed by atoms with van der Waals surface area (Å²) in [7, 11) is 1.63. The summed E-state index contributed by atoms with van der Waals surface area (Å²) in [5.74, 6) is -0.341. The minimum absolute atomic E-state index is 0.0786. The van der Waals surface area contributed by atoms with Crippen molar-refractivity contribution in [2.24, 2.45) is 0 Å². The van der Waals surface area contributed by atoms with Gasteiger partial charge in [-0.1, -0.05) is 137 Å². The summed E-state index contributed by atoms with van der Waals surface area (Å²) >= 11 is 0. The molecule has 0 aromatic rings. The average molecular weight is 763 g/mol. The van der Waals surface area contributed by atoms with Gasteiger partial charge in [0.25, 0.3) is 0 Å². The highest BCUT2D eigenvalue weighted by molar-refractivity contribution is 7.47. The van der Waals surface area contributed by atoms with E-state index in [2.05, 4.69) is 98.9 Å². The highest BCUT2D eigenvalue weighted by Crippen LogP contribution is 2.43.